The highest BCUT2D eigenvalue weighted by molar-refractivity contribution is 7.09. The molecule has 0 unspecified atom stereocenters. The van der Waals surface area contributed by atoms with Gasteiger partial charge in [0.2, 0.25) is 0 Å². The van der Waals surface area contributed by atoms with Gasteiger partial charge in [-0.25, -0.2) is 4.39 Å². The van der Waals surface area contributed by atoms with E-state index in [1.54, 1.807) is 0 Å². The zero-order valence-corrected chi connectivity index (χ0v) is 9.54. The van der Waals surface area contributed by atoms with Crippen molar-refractivity contribution in [2.45, 2.75) is 6.54 Å². The van der Waals surface area contributed by atoms with E-state index in [2.05, 4.69) is 5.32 Å². The number of non-ortho nitro benzene ring substituents is 1. The Morgan fingerprint density at radius 3 is 2.88 bits per heavy atom. The monoisotopic (exact) mass is 252 g/mol. The van der Waals surface area contributed by atoms with Gasteiger partial charge in [0.25, 0.3) is 5.69 Å². The molecule has 1 aromatic carbocycles. The van der Waals surface area contributed by atoms with Crippen LogP contribution in [0.2, 0.25) is 0 Å². The Morgan fingerprint density at radius 2 is 2.24 bits per heavy atom. The second-order valence-corrected chi connectivity index (χ2v) is 4.39. The summed E-state index contributed by atoms with van der Waals surface area (Å²) in [4.78, 5) is 11.0. The molecule has 17 heavy (non-hydrogen) atoms. The lowest BCUT2D eigenvalue weighted by molar-refractivity contribution is -0.384. The van der Waals surface area contributed by atoms with E-state index in [0.717, 1.165) is 17.0 Å². The smallest absolute Gasteiger partial charge is 0.271 e. The molecule has 2 rings (SSSR count). The maximum Gasteiger partial charge on any atom is 0.271 e. The van der Waals surface area contributed by atoms with Crippen LogP contribution < -0.4 is 5.32 Å². The predicted molar refractivity (Wildman–Crippen MR) is 64.7 cm³/mol. The first-order chi connectivity index (χ1) is 8.16. The Balaban J connectivity index is 2.14. The van der Waals surface area contributed by atoms with Crippen LogP contribution in [0.5, 0.6) is 0 Å². The maximum atomic E-state index is 13.4. The van der Waals surface area contributed by atoms with Crippen LogP contribution in [0.1, 0.15) is 4.88 Å². The quantitative estimate of drug-likeness (QED) is 0.670. The van der Waals surface area contributed by atoms with Crippen molar-refractivity contribution in [2.75, 3.05) is 5.32 Å². The van der Waals surface area contributed by atoms with E-state index in [9.17, 15) is 14.5 Å². The number of nitro benzene ring substituents is 1. The molecule has 6 heteroatoms. The summed E-state index contributed by atoms with van der Waals surface area (Å²) in [5.41, 5.74) is 0.0210. The van der Waals surface area contributed by atoms with Crippen LogP contribution in [0.25, 0.3) is 0 Å². The molecule has 0 spiro atoms. The normalized spacial score (nSPS) is 10.2. The second kappa shape index (κ2) is 4.92. The van der Waals surface area contributed by atoms with E-state index in [-0.39, 0.29) is 11.4 Å². The average molecular weight is 252 g/mol. The summed E-state index contributed by atoms with van der Waals surface area (Å²) in [5.74, 6) is -0.493. The summed E-state index contributed by atoms with van der Waals surface area (Å²) >= 11 is 1.54. The molecule has 88 valence electrons. The highest BCUT2D eigenvalue weighted by atomic mass is 32.1. The first kappa shape index (κ1) is 11.5. The molecular weight excluding hydrogens is 243 g/mol. The Labute approximate surface area is 101 Å². The molecule has 0 radical (unpaired) electrons. The molecule has 4 nitrogen and oxygen atoms in total. The van der Waals surface area contributed by atoms with E-state index in [0.29, 0.717) is 6.54 Å². The van der Waals surface area contributed by atoms with Gasteiger partial charge in [-0.05, 0) is 17.5 Å². The first-order valence-corrected chi connectivity index (χ1v) is 5.75. The molecule has 0 fully saturated rings. The average Bonchev–Trinajstić information content (AvgIpc) is 2.80. The molecule has 0 aliphatic rings. The van der Waals surface area contributed by atoms with E-state index in [1.165, 1.54) is 17.4 Å². The highest BCUT2D eigenvalue weighted by Crippen LogP contribution is 2.22. The zero-order chi connectivity index (χ0) is 12.3. The third-order valence-corrected chi connectivity index (χ3v) is 3.07. The van der Waals surface area contributed by atoms with Crippen molar-refractivity contribution < 1.29 is 9.31 Å². The molecule has 0 amide bonds. The van der Waals surface area contributed by atoms with Crippen molar-refractivity contribution in [1.29, 1.82) is 0 Å². The van der Waals surface area contributed by atoms with E-state index in [4.69, 9.17) is 0 Å². The molecule has 1 aromatic heterocycles. The Hall–Kier alpha value is -1.95. The van der Waals surface area contributed by atoms with Gasteiger partial charge in [0, 0.05) is 23.6 Å². The molecule has 0 saturated carbocycles. The van der Waals surface area contributed by atoms with Gasteiger partial charge in [-0.1, -0.05) is 6.07 Å². The van der Waals surface area contributed by atoms with Gasteiger partial charge in [0.15, 0.2) is 0 Å². The molecule has 1 N–H and O–H groups in total. The Bertz CT molecular complexity index is 528. The van der Waals surface area contributed by atoms with Gasteiger partial charge < -0.3 is 5.32 Å². The fraction of sp³-hybridized carbons (Fsp3) is 0.0909. The summed E-state index contributed by atoms with van der Waals surface area (Å²) in [6.45, 7) is 0.454. The lowest BCUT2D eigenvalue weighted by atomic mass is 10.2. The Morgan fingerprint density at radius 1 is 1.41 bits per heavy atom. The van der Waals surface area contributed by atoms with Crippen molar-refractivity contribution in [3.05, 3.63) is 56.5 Å². The summed E-state index contributed by atoms with van der Waals surface area (Å²) in [7, 11) is 0. The second-order valence-electron chi connectivity index (χ2n) is 3.35. The van der Waals surface area contributed by atoms with Crippen molar-refractivity contribution in [2.24, 2.45) is 0 Å². The summed E-state index contributed by atoms with van der Waals surface area (Å²) in [6, 6.07) is 7.24. The number of thiophene rings is 1. The number of benzene rings is 1. The summed E-state index contributed by atoms with van der Waals surface area (Å²) < 4.78 is 13.4. The minimum absolute atomic E-state index is 0.125. The zero-order valence-electron chi connectivity index (χ0n) is 8.72. The molecule has 0 aliphatic heterocycles. The number of nitrogens with zero attached hydrogens (tertiary/aromatic N) is 1. The van der Waals surface area contributed by atoms with E-state index >= 15 is 0 Å². The molecule has 2 aromatic rings. The largest absolute Gasteiger partial charge is 0.378 e. The topological polar surface area (TPSA) is 55.2 Å². The third-order valence-electron chi connectivity index (χ3n) is 2.19. The van der Waals surface area contributed by atoms with E-state index < -0.39 is 10.7 Å². The Kier molecular flexibility index (Phi) is 3.34. The summed E-state index contributed by atoms with van der Waals surface area (Å²) in [5, 5.41) is 15.3. The molecule has 0 bridgehead atoms. The molecule has 0 aliphatic carbocycles. The van der Waals surface area contributed by atoms with Crippen LogP contribution in [0.15, 0.2) is 35.7 Å². The highest BCUT2D eigenvalue weighted by Gasteiger charge is 2.10. The fourth-order valence-corrected chi connectivity index (χ4v) is 2.00. The van der Waals surface area contributed by atoms with Gasteiger partial charge in [0.1, 0.15) is 5.82 Å². The van der Waals surface area contributed by atoms with Crippen LogP contribution in [0, 0.1) is 15.9 Å². The maximum absolute atomic E-state index is 13.4. The molecule has 1 heterocycles. The van der Waals surface area contributed by atoms with Gasteiger partial charge in [-0.15, -0.1) is 11.3 Å². The minimum atomic E-state index is -0.546. The minimum Gasteiger partial charge on any atom is -0.378 e. The SMILES string of the molecule is O=[N+]([O-])c1ccc(F)c(NCc2cccs2)c1. The van der Waals surface area contributed by atoms with Crippen molar-refractivity contribution in [3.8, 4) is 0 Å². The van der Waals surface area contributed by atoms with Crippen LogP contribution in [-0.2, 0) is 6.54 Å². The lowest BCUT2D eigenvalue weighted by Crippen LogP contribution is -2.00. The number of nitrogens with one attached hydrogen (secondary N) is 1. The van der Waals surface area contributed by atoms with E-state index in [1.807, 2.05) is 17.5 Å². The third kappa shape index (κ3) is 2.79. The van der Waals surface area contributed by atoms with Gasteiger partial charge in [-0.2, -0.15) is 0 Å². The number of hydrogen-bond donors (Lipinski definition) is 1. The molecule has 0 saturated heterocycles. The number of hydrogen-bond acceptors (Lipinski definition) is 4. The van der Waals surface area contributed by atoms with Crippen LogP contribution >= 0.6 is 11.3 Å². The first-order valence-electron chi connectivity index (χ1n) is 4.87. The van der Waals surface area contributed by atoms with Crippen molar-refractivity contribution in [1.82, 2.24) is 0 Å². The molecular formula is C11H9FN2O2S. The van der Waals surface area contributed by atoms with Crippen molar-refractivity contribution in [3.63, 3.8) is 0 Å². The predicted octanol–water partition coefficient (Wildman–Crippen LogP) is 3.41. The number of rotatable bonds is 4. The summed E-state index contributed by atoms with van der Waals surface area (Å²) in [6.07, 6.45) is 0. The molecule has 0 atom stereocenters. The fourth-order valence-electron chi connectivity index (χ4n) is 1.36. The van der Waals surface area contributed by atoms with Gasteiger partial charge >= 0.3 is 0 Å². The number of halogens is 1. The number of nitro groups is 1. The van der Waals surface area contributed by atoms with Crippen LogP contribution in [0.3, 0.4) is 0 Å². The van der Waals surface area contributed by atoms with Crippen molar-refractivity contribution >= 4 is 22.7 Å². The number of anilines is 1. The van der Waals surface area contributed by atoms with Crippen LogP contribution in [-0.4, -0.2) is 4.92 Å². The standard InChI is InChI=1S/C11H9FN2O2S/c12-10-4-3-8(14(15)16)6-11(10)13-7-9-2-1-5-17-9/h1-6,13H,7H2. The van der Waals surface area contributed by atoms with Gasteiger partial charge in [0.05, 0.1) is 10.6 Å². The van der Waals surface area contributed by atoms with Crippen LogP contribution in [0.4, 0.5) is 15.8 Å². The van der Waals surface area contributed by atoms with Gasteiger partial charge in [-0.3, -0.25) is 10.1 Å². The lowest BCUT2D eigenvalue weighted by Gasteiger charge is -2.05.